The minimum absolute atomic E-state index is 0.288. The fraction of sp³-hybridized carbons (Fsp3) is 0.111. The second kappa shape index (κ2) is 10.1. The lowest BCUT2D eigenvalue weighted by Gasteiger charge is -2.01. The summed E-state index contributed by atoms with van der Waals surface area (Å²) in [5, 5.41) is 8.52. The molecule has 0 radical (unpaired) electrons. The fourth-order valence-electron chi connectivity index (χ4n) is 1.53. The molecule has 0 aliphatic rings. The third kappa shape index (κ3) is 6.63. The van der Waals surface area contributed by atoms with Crippen LogP contribution in [0.25, 0.3) is 11.1 Å². The molecule has 2 aromatic carbocycles. The van der Waals surface area contributed by atoms with Crippen LogP contribution in [0.1, 0.15) is 0 Å². The summed E-state index contributed by atoms with van der Waals surface area (Å²) in [6, 6.07) is 20.8. The Morgan fingerprint density at radius 3 is 1.86 bits per heavy atom. The molecule has 0 heterocycles. The number of rotatable bonds is 5. The fourth-order valence-corrected chi connectivity index (χ4v) is 1.53. The van der Waals surface area contributed by atoms with Gasteiger partial charge in [0.2, 0.25) is 0 Å². The number of ether oxygens (including phenoxy) is 1. The lowest BCUT2D eigenvalue weighted by atomic mass is 10.1. The Morgan fingerprint density at radius 1 is 1.05 bits per heavy atom. The number of hydrogen-bond acceptors (Lipinski definition) is 4. The van der Waals surface area contributed by atoms with Gasteiger partial charge in [-0.2, -0.15) is 0 Å². The average Bonchev–Trinajstić information content (AvgIpc) is 2.61. The zero-order chi connectivity index (χ0) is 16.2. The van der Waals surface area contributed by atoms with E-state index in [4.69, 9.17) is 5.11 Å². The monoisotopic (exact) mass is 298 g/mol. The lowest BCUT2D eigenvalue weighted by molar-refractivity contribution is -0.141. The first-order valence-electron chi connectivity index (χ1n) is 6.70. The summed E-state index contributed by atoms with van der Waals surface area (Å²) >= 11 is 0. The van der Waals surface area contributed by atoms with Gasteiger partial charge in [-0.3, -0.25) is 0 Å². The standard InChI is InChI=1S/C12H10.C6H8O4/c1-3-7-11(8-4-1)12-9-5-2-6-10-12;1-2-6(9)10-4-5(8)3-7/h1-10H;2-3,5,8H,1,4H2. The second-order valence-corrected chi connectivity index (χ2v) is 4.27. The van der Waals surface area contributed by atoms with Crippen LogP contribution in [0.4, 0.5) is 0 Å². The van der Waals surface area contributed by atoms with E-state index in [1.165, 1.54) is 11.1 Å². The van der Waals surface area contributed by atoms with E-state index in [0.29, 0.717) is 0 Å². The van der Waals surface area contributed by atoms with Crippen molar-refractivity contribution in [1.29, 1.82) is 0 Å². The van der Waals surface area contributed by atoms with E-state index in [2.05, 4.69) is 59.8 Å². The minimum atomic E-state index is -1.23. The Hall–Kier alpha value is -2.72. The highest BCUT2D eigenvalue weighted by atomic mass is 16.5. The van der Waals surface area contributed by atoms with Crippen molar-refractivity contribution in [3.63, 3.8) is 0 Å². The molecule has 0 aliphatic carbocycles. The predicted octanol–water partition coefficient (Wildman–Crippen LogP) is 2.63. The van der Waals surface area contributed by atoms with Gasteiger partial charge < -0.3 is 14.6 Å². The molecule has 2 rings (SSSR count). The summed E-state index contributed by atoms with van der Waals surface area (Å²) in [5.74, 6) is -0.652. The largest absolute Gasteiger partial charge is 0.459 e. The normalized spacial score (nSPS) is 10.6. The summed E-state index contributed by atoms with van der Waals surface area (Å²) in [7, 11) is 0. The first-order chi connectivity index (χ1) is 10.7. The smallest absolute Gasteiger partial charge is 0.330 e. The van der Waals surface area contributed by atoms with E-state index in [0.717, 1.165) is 6.08 Å². The SMILES string of the molecule is C=CC(=O)OCC(O)C=O.c1ccc(-c2ccccc2)cc1. The highest BCUT2D eigenvalue weighted by Gasteiger charge is 2.03. The number of aliphatic hydroxyl groups excluding tert-OH is 1. The number of carbonyl (C=O) groups excluding carboxylic acids is 2. The van der Waals surface area contributed by atoms with E-state index in [-0.39, 0.29) is 12.9 Å². The maximum atomic E-state index is 10.3. The Balaban J connectivity index is 0.000000225. The molecule has 4 nitrogen and oxygen atoms in total. The van der Waals surface area contributed by atoms with Crippen molar-refractivity contribution in [1.82, 2.24) is 0 Å². The second-order valence-electron chi connectivity index (χ2n) is 4.27. The number of aliphatic hydroxyl groups is 1. The summed E-state index contributed by atoms with van der Waals surface area (Å²) < 4.78 is 4.31. The van der Waals surface area contributed by atoms with Crippen LogP contribution in [-0.2, 0) is 14.3 Å². The maximum absolute atomic E-state index is 10.3. The first-order valence-corrected chi connectivity index (χ1v) is 6.70. The summed E-state index contributed by atoms with van der Waals surface area (Å²) in [6.45, 7) is 2.81. The van der Waals surface area contributed by atoms with Gasteiger partial charge in [-0.25, -0.2) is 4.79 Å². The zero-order valence-corrected chi connectivity index (χ0v) is 12.1. The summed E-state index contributed by atoms with van der Waals surface area (Å²) in [5.41, 5.74) is 2.55. The van der Waals surface area contributed by atoms with Crippen LogP contribution in [0.15, 0.2) is 73.3 Å². The van der Waals surface area contributed by atoms with Crippen LogP contribution in [-0.4, -0.2) is 30.1 Å². The van der Waals surface area contributed by atoms with E-state index in [1.54, 1.807) is 0 Å². The minimum Gasteiger partial charge on any atom is -0.459 e. The van der Waals surface area contributed by atoms with Gasteiger partial charge in [-0.1, -0.05) is 67.2 Å². The van der Waals surface area contributed by atoms with E-state index in [1.807, 2.05) is 12.1 Å². The molecule has 0 spiro atoms. The van der Waals surface area contributed by atoms with E-state index in [9.17, 15) is 9.59 Å². The van der Waals surface area contributed by atoms with Gasteiger partial charge in [-0.05, 0) is 11.1 Å². The quantitative estimate of drug-likeness (QED) is 0.523. The molecule has 2 aromatic rings. The number of hydrogen-bond donors (Lipinski definition) is 1. The summed E-state index contributed by atoms with van der Waals surface area (Å²) in [4.78, 5) is 20.0. The van der Waals surface area contributed by atoms with Crippen molar-refractivity contribution in [3.8, 4) is 11.1 Å². The molecule has 1 atom stereocenters. The van der Waals surface area contributed by atoms with Crippen LogP contribution < -0.4 is 0 Å². The third-order valence-corrected chi connectivity index (χ3v) is 2.60. The van der Waals surface area contributed by atoms with Crippen LogP contribution in [0.3, 0.4) is 0 Å². The highest BCUT2D eigenvalue weighted by molar-refractivity contribution is 5.81. The molecule has 0 bridgehead atoms. The van der Waals surface area contributed by atoms with Gasteiger partial charge in [0.15, 0.2) is 6.29 Å². The molecule has 0 amide bonds. The van der Waals surface area contributed by atoms with Crippen molar-refractivity contribution >= 4 is 12.3 Å². The molecule has 4 heteroatoms. The highest BCUT2D eigenvalue weighted by Crippen LogP contribution is 2.17. The molecule has 0 aliphatic heterocycles. The Morgan fingerprint density at radius 2 is 1.50 bits per heavy atom. The van der Waals surface area contributed by atoms with E-state index < -0.39 is 12.1 Å². The van der Waals surface area contributed by atoms with Crippen molar-refractivity contribution in [3.05, 3.63) is 73.3 Å². The Kier molecular flexibility index (Phi) is 7.93. The Bertz CT molecular complexity index is 541. The van der Waals surface area contributed by atoms with Gasteiger partial charge in [0, 0.05) is 6.08 Å². The number of carbonyl (C=O) groups is 2. The van der Waals surface area contributed by atoms with Crippen molar-refractivity contribution in [2.75, 3.05) is 6.61 Å². The van der Waals surface area contributed by atoms with Crippen LogP contribution in [0, 0.1) is 0 Å². The molecule has 0 fully saturated rings. The molecule has 0 saturated carbocycles. The van der Waals surface area contributed by atoms with Gasteiger partial charge in [0.1, 0.15) is 12.7 Å². The number of esters is 1. The maximum Gasteiger partial charge on any atom is 0.330 e. The molecule has 114 valence electrons. The number of aldehydes is 1. The Labute approximate surface area is 129 Å². The van der Waals surface area contributed by atoms with Gasteiger partial charge in [-0.15, -0.1) is 0 Å². The topological polar surface area (TPSA) is 63.6 Å². The first kappa shape index (κ1) is 17.3. The van der Waals surface area contributed by atoms with Crippen molar-refractivity contribution < 1.29 is 19.4 Å². The molecule has 0 saturated heterocycles. The molecular formula is C18H18O4. The van der Waals surface area contributed by atoms with Crippen molar-refractivity contribution in [2.24, 2.45) is 0 Å². The van der Waals surface area contributed by atoms with Crippen LogP contribution in [0.5, 0.6) is 0 Å². The molecule has 22 heavy (non-hydrogen) atoms. The van der Waals surface area contributed by atoms with Gasteiger partial charge >= 0.3 is 5.97 Å². The molecule has 1 N–H and O–H groups in total. The molecular weight excluding hydrogens is 280 g/mol. The predicted molar refractivity (Wildman–Crippen MR) is 85.1 cm³/mol. The number of benzene rings is 2. The summed E-state index contributed by atoms with van der Waals surface area (Å²) in [6.07, 6.45) is 0.0114. The molecule has 1 unspecified atom stereocenters. The molecule has 0 aromatic heterocycles. The van der Waals surface area contributed by atoms with Crippen LogP contribution >= 0.6 is 0 Å². The van der Waals surface area contributed by atoms with E-state index >= 15 is 0 Å². The lowest BCUT2D eigenvalue weighted by Crippen LogP contribution is -2.18. The van der Waals surface area contributed by atoms with Gasteiger partial charge in [0.05, 0.1) is 0 Å². The van der Waals surface area contributed by atoms with Crippen molar-refractivity contribution in [2.45, 2.75) is 6.10 Å². The van der Waals surface area contributed by atoms with Gasteiger partial charge in [0.25, 0.3) is 0 Å². The average molecular weight is 298 g/mol. The van der Waals surface area contributed by atoms with Crippen LogP contribution in [0.2, 0.25) is 0 Å². The third-order valence-electron chi connectivity index (χ3n) is 2.60. The zero-order valence-electron chi connectivity index (χ0n) is 12.1.